The van der Waals surface area contributed by atoms with E-state index in [-0.39, 0.29) is 11.6 Å². The smallest absolute Gasteiger partial charge is 0.128 e. The molecule has 0 aliphatic carbocycles. The third-order valence-electron chi connectivity index (χ3n) is 3.09. The van der Waals surface area contributed by atoms with Crippen molar-refractivity contribution in [3.05, 3.63) is 53.6 Å². The molecule has 0 bridgehead atoms. The van der Waals surface area contributed by atoms with Crippen molar-refractivity contribution in [3.63, 3.8) is 0 Å². The summed E-state index contributed by atoms with van der Waals surface area (Å²) in [7, 11) is 1.51. The Hall–Kier alpha value is -1.94. The van der Waals surface area contributed by atoms with Crippen LogP contribution in [0.15, 0.2) is 36.4 Å². The van der Waals surface area contributed by atoms with Gasteiger partial charge in [-0.15, -0.1) is 0 Å². The van der Waals surface area contributed by atoms with Crippen LogP contribution in [-0.2, 0) is 6.54 Å². The van der Waals surface area contributed by atoms with Gasteiger partial charge in [0.1, 0.15) is 17.4 Å². The van der Waals surface area contributed by atoms with Crippen molar-refractivity contribution in [2.45, 2.75) is 13.5 Å². The first-order valence-corrected chi connectivity index (χ1v) is 6.48. The topological polar surface area (TPSA) is 21.3 Å². The van der Waals surface area contributed by atoms with E-state index in [4.69, 9.17) is 4.74 Å². The van der Waals surface area contributed by atoms with Crippen molar-refractivity contribution in [1.29, 1.82) is 0 Å². The fraction of sp³-hybridized carbons (Fsp3) is 0.250. The first-order valence-electron chi connectivity index (χ1n) is 6.48. The lowest BCUT2D eigenvalue weighted by atomic mass is 10.0. The van der Waals surface area contributed by atoms with Crippen LogP contribution in [0.3, 0.4) is 0 Å². The average molecular weight is 277 g/mol. The summed E-state index contributed by atoms with van der Waals surface area (Å²) < 4.78 is 32.6. The van der Waals surface area contributed by atoms with Crippen molar-refractivity contribution in [2.75, 3.05) is 13.7 Å². The van der Waals surface area contributed by atoms with E-state index in [1.807, 2.05) is 6.92 Å². The molecule has 4 heteroatoms. The van der Waals surface area contributed by atoms with E-state index in [0.717, 1.165) is 6.54 Å². The normalized spacial score (nSPS) is 10.6. The van der Waals surface area contributed by atoms with E-state index in [2.05, 4.69) is 5.32 Å². The van der Waals surface area contributed by atoms with Gasteiger partial charge in [0.2, 0.25) is 0 Å². The quantitative estimate of drug-likeness (QED) is 0.898. The molecule has 106 valence electrons. The summed E-state index contributed by atoms with van der Waals surface area (Å²) in [5, 5.41) is 3.07. The summed E-state index contributed by atoms with van der Waals surface area (Å²) in [6.45, 7) is 3.21. The zero-order chi connectivity index (χ0) is 14.5. The molecular formula is C16H17F2NO. The second-order valence-electron chi connectivity index (χ2n) is 4.43. The highest BCUT2D eigenvalue weighted by Crippen LogP contribution is 2.31. The van der Waals surface area contributed by atoms with Gasteiger partial charge in [-0.05, 0) is 36.4 Å². The molecule has 2 rings (SSSR count). The molecule has 0 fully saturated rings. The lowest BCUT2D eigenvalue weighted by molar-refractivity contribution is 0.415. The standard InChI is InChI=1S/C16H17F2NO/c1-3-19-10-12-5-4-11(8-15(12)18)14-9-13(17)6-7-16(14)20-2/h4-9,19H,3,10H2,1-2H3. The maximum atomic E-state index is 14.0. The van der Waals surface area contributed by atoms with Gasteiger partial charge in [0.05, 0.1) is 7.11 Å². The molecular weight excluding hydrogens is 260 g/mol. The van der Waals surface area contributed by atoms with Crippen LogP contribution < -0.4 is 10.1 Å². The number of methoxy groups -OCH3 is 1. The molecule has 0 radical (unpaired) electrons. The fourth-order valence-electron chi connectivity index (χ4n) is 2.02. The van der Waals surface area contributed by atoms with Crippen molar-refractivity contribution in [1.82, 2.24) is 5.32 Å². The summed E-state index contributed by atoms with van der Waals surface area (Å²) in [4.78, 5) is 0. The molecule has 0 aliphatic rings. The van der Waals surface area contributed by atoms with Crippen molar-refractivity contribution in [3.8, 4) is 16.9 Å². The van der Waals surface area contributed by atoms with Crippen LogP contribution in [0.4, 0.5) is 8.78 Å². The fourth-order valence-corrected chi connectivity index (χ4v) is 2.02. The monoisotopic (exact) mass is 277 g/mol. The summed E-state index contributed by atoms with van der Waals surface area (Å²) >= 11 is 0. The van der Waals surface area contributed by atoms with Gasteiger partial charge < -0.3 is 10.1 Å². The largest absolute Gasteiger partial charge is 0.496 e. The van der Waals surface area contributed by atoms with Crippen LogP contribution in [-0.4, -0.2) is 13.7 Å². The Morgan fingerprint density at radius 1 is 1.10 bits per heavy atom. The summed E-state index contributed by atoms with van der Waals surface area (Å²) in [6, 6.07) is 9.08. The Morgan fingerprint density at radius 3 is 2.55 bits per heavy atom. The minimum atomic E-state index is -0.377. The molecule has 0 aliphatic heterocycles. The van der Waals surface area contributed by atoms with Crippen molar-refractivity contribution >= 4 is 0 Å². The molecule has 0 heterocycles. The van der Waals surface area contributed by atoms with E-state index in [9.17, 15) is 8.78 Å². The third-order valence-corrected chi connectivity index (χ3v) is 3.09. The Bertz CT molecular complexity index is 599. The molecule has 20 heavy (non-hydrogen) atoms. The molecule has 0 spiro atoms. The third kappa shape index (κ3) is 3.14. The molecule has 2 aromatic rings. The highest BCUT2D eigenvalue weighted by molar-refractivity contribution is 5.70. The Kier molecular flexibility index (Phi) is 4.69. The zero-order valence-corrected chi connectivity index (χ0v) is 11.5. The summed E-state index contributed by atoms with van der Waals surface area (Å²) in [5.41, 5.74) is 1.73. The molecule has 0 saturated heterocycles. The van der Waals surface area contributed by atoms with Crippen molar-refractivity contribution in [2.24, 2.45) is 0 Å². The van der Waals surface area contributed by atoms with Gasteiger partial charge in [-0.2, -0.15) is 0 Å². The summed E-state index contributed by atoms with van der Waals surface area (Å²) in [5.74, 6) is -0.169. The van der Waals surface area contributed by atoms with Gasteiger partial charge in [-0.1, -0.05) is 19.1 Å². The lowest BCUT2D eigenvalue weighted by Crippen LogP contribution is -2.12. The number of ether oxygens (including phenoxy) is 1. The van der Waals surface area contributed by atoms with Gasteiger partial charge in [-0.25, -0.2) is 8.78 Å². The van der Waals surface area contributed by atoms with E-state index in [1.54, 1.807) is 12.1 Å². The van der Waals surface area contributed by atoms with Gasteiger partial charge >= 0.3 is 0 Å². The molecule has 0 aromatic heterocycles. The second-order valence-corrected chi connectivity index (χ2v) is 4.43. The molecule has 2 aromatic carbocycles. The molecule has 0 unspecified atom stereocenters. The molecule has 0 atom stereocenters. The highest BCUT2D eigenvalue weighted by Gasteiger charge is 2.10. The van der Waals surface area contributed by atoms with E-state index >= 15 is 0 Å². The molecule has 2 nitrogen and oxygen atoms in total. The lowest BCUT2D eigenvalue weighted by Gasteiger charge is -2.10. The minimum Gasteiger partial charge on any atom is -0.496 e. The minimum absolute atomic E-state index is 0.310. The first kappa shape index (κ1) is 14.5. The van der Waals surface area contributed by atoms with Crippen LogP contribution in [0, 0.1) is 11.6 Å². The SMILES string of the molecule is CCNCc1ccc(-c2cc(F)ccc2OC)cc1F. The number of halogens is 2. The van der Waals surface area contributed by atoms with Gasteiger partial charge in [0.25, 0.3) is 0 Å². The predicted molar refractivity (Wildman–Crippen MR) is 75.7 cm³/mol. The van der Waals surface area contributed by atoms with Crippen LogP contribution in [0.1, 0.15) is 12.5 Å². The number of hydrogen-bond acceptors (Lipinski definition) is 2. The van der Waals surface area contributed by atoms with Crippen LogP contribution in [0.25, 0.3) is 11.1 Å². The van der Waals surface area contributed by atoms with Gasteiger partial charge in [0, 0.05) is 17.7 Å². The first-order chi connectivity index (χ1) is 9.65. The molecule has 0 saturated carbocycles. The van der Waals surface area contributed by atoms with Gasteiger partial charge in [-0.3, -0.25) is 0 Å². The average Bonchev–Trinajstić information content (AvgIpc) is 2.46. The maximum Gasteiger partial charge on any atom is 0.128 e. The summed E-state index contributed by atoms with van der Waals surface area (Å²) in [6.07, 6.45) is 0. The highest BCUT2D eigenvalue weighted by atomic mass is 19.1. The zero-order valence-electron chi connectivity index (χ0n) is 11.5. The van der Waals surface area contributed by atoms with Crippen LogP contribution >= 0.6 is 0 Å². The second kappa shape index (κ2) is 6.48. The Balaban J connectivity index is 2.38. The van der Waals surface area contributed by atoms with Crippen LogP contribution in [0.2, 0.25) is 0 Å². The molecule has 0 amide bonds. The number of rotatable bonds is 5. The Morgan fingerprint density at radius 2 is 1.90 bits per heavy atom. The van der Waals surface area contributed by atoms with Crippen LogP contribution in [0.5, 0.6) is 5.75 Å². The van der Waals surface area contributed by atoms with E-state index < -0.39 is 0 Å². The van der Waals surface area contributed by atoms with E-state index in [1.165, 1.54) is 31.4 Å². The number of hydrogen-bond donors (Lipinski definition) is 1. The maximum absolute atomic E-state index is 14.0. The number of nitrogens with one attached hydrogen (secondary N) is 1. The van der Waals surface area contributed by atoms with E-state index in [0.29, 0.717) is 29.0 Å². The molecule has 1 N–H and O–H groups in total. The Labute approximate surface area is 117 Å². The van der Waals surface area contributed by atoms with Crippen molar-refractivity contribution < 1.29 is 13.5 Å². The number of benzene rings is 2. The van der Waals surface area contributed by atoms with Gasteiger partial charge in [0.15, 0.2) is 0 Å². The predicted octanol–water partition coefficient (Wildman–Crippen LogP) is 3.75.